The molecule has 3 N–H and O–H groups in total. The Morgan fingerprint density at radius 3 is 2.57 bits per heavy atom. The van der Waals surface area contributed by atoms with Crippen LogP contribution in [0.2, 0.25) is 0 Å². The van der Waals surface area contributed by atoms with E-state index in [0.29, 0.717) is 22.6 Å². The molecule has 8 heteroatoms. The van der Waals surface area contributed by atoms with Gasteiger partial charge in [0.25, 0.3) is 5.91 Å². The fraction of sp³-hybridized carbons (Fsp3) is 0.0909. The number of hydrogen-bond acceptors (Lipinski definition) is 7. The lowest BCUT2D eigenvalue weighted by Crippen LogP contribution is -2.21. The highest BCUT2D eigenvalue weighted by atomic mass is 16.5. The van der Waals surface area contributed by atoms with Crippen molar-refractivity contribution < 1.29 is 33.7 Å². The number of aromatic hydroxyl groups is 2. The zero-order valence-electron chi connectivity index (χ0n) is 15.8. The third-order valence-corrected chi connectivity index (χ3v) is 4.51. The van der Waals surface area contributed by atoms with E-state index in [-0.39, 0.29) is 11.3 Å². The number of carbonyl (C=O) groups is 2. The van der Waals surface area contributed by atoms with Gasteiger partial charge in [-0.15, -0.1) is 0 Å². The number of nitrogens with one attached hydrogen (secondary N) is 1. The number of methoxy groups -OCH3 is 1. The van der Waals surface area contributed by atoms with Crippen molar-refractivity contribution in [2.45, 2.75) is 0 Å². The number of furan rings is 1. The molecule has 30 heavy (non-hydrogen) atoms. The number of rotatable bonds is 5. The molecule has 0 unspecified atom stereocenters. The Labute approximate surface area is 170 Å². The summed E-state index contributed by atoms with van der Waals surface area (Å²) in [5.41, 5.74) is 1.47. The summed E-state index contributed by atoms with van der Waals surface area (Å²) in [5, 5.41) is 23.4. The molecule has 0 saturated heterocycles. The third-order valence-electron chi connectivity index (χ3n) is 4.51. The maximum absolute atomic E-state index is 12.3. The minimum Gasteiger partial charge on any atom is -0.508 e. The molecule has 1 amide bonds. The van der Waals surface area contributed by atoms with E-state index in [1.165, 1.54) is 19.2 Å². The highest BCUT2D eigenvalue weighted by Gasteiger charge is 2.17. The van der Waals surface area contributed by atoms with E-state index in [1.54, 1.807) is 12.1 Å². The lowest BCUT2D eigenvalue weighted by Gasteiger charge is -2.11. The number of para-hydroxylation sites is 1. The molecule has 1 aromatic heterocycles. The van der Waals surface area contributed by atoms with Gasteiger partial charge in [0.1, 0.15) is 34.0 Å². The predicted molar refractivity (Wildman–Crippen MR) is 109 cm³/mol. The number of hydrogen-bond donors (Lipinski definition) is 3. The zero-order valence-corrected chi connectivity index (χ0v) is 15.8. The molecule has 0 aliphatic rings. The van der Waals surface area contributed by atoms with E-state index in [1.807, 2.05) is 24.3 Å². The van der Waals surface area contributed by atoms with Crippen molar-refractivity contribution in [1.29, 1.82) is 0 Å². The van der Waals surface area contributed by atoms with Crippen LogP contribution < -0.4 is 10.1 Å². The summed E-state index contributed by atoms with van der Waals surface area (Å²) >= 11 is 0. The average molecular weight is 407 g/mol. The van der Waals surface area contributed by atoms with E-state index in [0.717, 1.165) is 16.8 Å². The molecule has 1 heterocycles. The van der Waals surface area contributed by atoms with Crippen LogP contribution in [0.5, 0.6) is 17.2 Å². The maximum atomic E-state index is 12.3. The van der Waals surface area contributed by atoms with Gasteiger partial charge in [0.05, 0.1) is 12.8 Å². The molecule has 0 fully saturated rings. The van der Waals surface area contributed by atoms with Crippen LogP contribution in [0.15, 0.2) is 59.0 Å². The topological polar surface area (TPSA) is 118 Å². The summed E-state index contributed by atoms with van der Waals surface area (Å²) in [6, 6.07) is 14.4. The van der Waals surface area contributed by atoms with Gasteiger partial charge in [0.2, 0.25) is 0 Å². The molecule has 4 rings (SSSR count). The lowest BCUT2D eigenvalue weighted by molar-refractivity contribution is -0.119. The van der Waals surface area contributed by atoms with E-state index in [2.05, 4.69) is 5.32 Å². The van der Waals surface area contributed by atoms with Crippen molar-refractivity contribution >= 4 is 39.5 Å². The molecule has 0 radical (unpaired) electrons. The number of phenolic OH excluding ortho intramolecular Hbond substituents is 2. The van der Waals surface area contributed by atoms with Crippen molar-refractivity contribution in [3.05, 3.63) is 60.2 Å². The van der Waals surface area contributed by atoms with E-state index >= 15 is 0 Å². The number of carbonyl (C=O) groups excluding carboxylic acids is 2. The Kier molecular flexibility index (Phi) is 4.89. The van der Waals surface area contributed by atoms with Crippen LogP contribution in [-0.2, 0) is 9.53 Å². The second-order valence-electron chi connectivity index (χ2n) is 6.47. The molecular formula is C22H17NO7. The molecule has 4 aromatic rings. The number of amides is 1. The summed E-state index contributed by atoms with van der Waals surface area (Å²) in [5.74, 6) is -1.73. The zero-order chi connectivity index (χ0) is 21.3. The summed E-state index contributed by atoms with van der Waals surface area (Å²) in [7, 11) is 1.48. The molecule has 0 atom stereocenters. The van der Waals surface area contributed by atoms with Crippen LogP contribution in [0, 0.1) is 0 Å². The van der Waals surface area contributed by atoms with E-state index in [4.69, 9.17) is 13.9 Å². The first-order valence-corrected chi connectivity index (χ1v) is 8.94. The van der Waals surface area contributed by atoms with Crippen LogP contribution in [0.25, 0.3) is 21.9 Å². The van der Waals surface area contributed by atoms with Gasteiger partial charge in [-0.1, -0.05) is 18.2 Å². The van der Waals surface area contributed by atoms with Gasteiger partial charge in [-0.05, 0) is 24.3 Å². The molecule has 152 valence electrons. The Balaban J connectivity index is 1.51. The standard InChI is InChI=1S/C22H17NO7/c1-28-20-9-15-13-4-2-3-5-18(13)30-19(15)10-16(20)23-21(26)11-29-22(27)14-7-6-12(24)8-17(14)25/h2-10,24-25H,11H2,1H3,(H,23,26). The Hall–Kier alpha value is -4.20. The van der Waals surface area contributed by atoms with Gasteiger partial charge in [-0.3, -0.25) is 4.79 Å². The Morgan fingerprint density at radius 2 is 1.80 bits per heavy atom. The monoisotopic (exact) mass is 407 g/mol. The van der Waals surface area contributed by atoms with E-state index in [9.17, 15) is 19.8 Å². The molecular weight excluding hydrogens is 390 g/mol. The average Bonchev–Trinajstić information content (AvgIpc) is 3.08. The predicted octanol–water partition coefficient (Wildman–Crippen LogP) is 3.80. The fourth-order valence-electron chi connectivity index (χ4n) is 3.11. The van der Waals surface area contributed by atoms with Gasteiger partial charge in [-0.2, -0.15) is 0 Å². The van der Waals surface area contributed by atoms with Crippen molar-refractivity contribution in [3.8, 4) is 17.2 Å². The normalized spacial score (nSPS) is 10.8. The number of phenols is 2. The van der Waals surface area contributed by atoms with Gasteiger partial charge in [-0.25, -0.2) is 4.79 Å². The van der Waals surface area contributed by atoms with Gasteiger partial charge in [0, 0.05) is 22.9 Å². The first-order chi connectivity index (χ1) is 14.5. The highest BCUT2D eigenvalue weighted by molar-refractivity contribution is 6.08. The summed E-state index contributed by atoms with van der Waals surface area (Å²) < 4.78 is 16.1. The first kappa shape index (κ1) is 19.1. The van der Waals surface area contributed by atoms with Crippen LogP contribution in [0.4, 0.5) is 5.69 Å². The second-order valence-corrected chi connectivity index (χ2v) is 6.47. The first-order valence-electron chi connectivity index (χ1n) is 8.94. The fourth-order valence-corrected chi connectivity index (χ4v) is 3.11. The lowest BCUT2D eigenvalue weighted by atomic mass is 10.1. The number of esters is 1. The summed E-state index contributed by atoms with van der Waals surface area (Å²) in [6.07, 6.45) is 0. The Morgan fingerprint density at radius 1 is 1.00 bits per heavy atom. The van der Waals surface area contributed by atoms with Crippen LogP contribution in [0.3, 0.4) is 0 Å². The molecule has 3 aromatic carbocycles. The van der Waals surface area contributed by atoms with Crippen molar-refractivity contribution in [3.63, 3.8) is 0 Å². The highest BCUT2D eigenvalue weighted by Crippen LogP contribution is 2.36. The quantitative estimate of drug-likeness (QED) is 0.431. The minimum absolute atomic E-state index is 0.165. The van der Waals surface area contributed by atoms with Crippen molar-refractivity contribution in [1.82, 2.24) is 0 Å². The van der Waals surface area contributed by atoms with E-state index < -0.39 is 24.2 Å². The second kappa shape index (κ2) is 7.67. The largest absolute Gasteiger partial charge is 0.508 e. The van der Waals surface area contributed by atoms with Gasteiger partial charge in [0.15, 0.2) is 6.61 Å². The van der Waals surface area contributed by atoms with Crippen molar-refractivity contribution in [2.24, 2.45) is 0 Å². The van der Waals surface area contributed by atoms with Gasteiger partial charge < -0.3 is 29.4 Å². The SMILES string of the molecule is COc1cc2c(cc1NC(=O)COC(=O)c1ccc(O)cc1O)oc1ccccc12. The molecule has 0 saturated carbocycles. The summed E-state index contributed by atoms with van der Waals surface area (Å²) in [6.45, 7) is -0.583. The molecule has 8 nitrogen and oxygen atoms in total. The van der Waals surface area contributed by atoms with Crippen molar-refractivity contribution in [2.75, 3.05) is 19.0 Å². The third kappa shape index (κ3) is 3.58. The Bertz CT molecular complexity index is 1280. The summed E-state index contributed by atoms with van der Waals surface area (Å²) in [4.78, 5) is 24.3. The number of fused-ring (bicyclic) bond motifs is 3. The number of ether oxygens (including phenoxy) is 2. The molecule has 0 aliphatic carbocycles. The smallest absolute Gasteiger partial charge is 0.342 e. The van der Waals surface area contributed by atoms with Crippen LogP contribution in [-0.4, -0.2) is 35.8 Å². The van der Waals surface area contributed by atoms with Crippen LogP contribution in [0.1, 0.15) is 10.4 Å². The van der Waals surface area contributed by atoms with Gasteiger partial charge >= 0.3 is 5.97 Å². The van der Waals surface area contributed by atoms with Crippen LogP contribution >= 0.6 is 0 Å². The molecule has 0 aliphatic heterocycles. The maximum Gasteiger partial charge on any atom is 0.342 e. The number of anilines is 1. The molecule has 0 bridgehead atoms. The molecule has 0 spiro atoms. The number of benzene rings is 3. The minimum atomic E-state index is -0.901.